The predicted octanol–water partition coefficient (Wildman–Crippen LogP) is -1.04. The molecule has 0 saturated carbocycles. The molecule has 1 amide bonds. The summed E-state index contributed by atoms with van der Waals surface area (Å²) in [6.07, 6.45) is 1.27. The van der Waals surface area contributed by atoms with E-state index in [-0.39, 0.29) is 12.4 Å². The summed E-state index contributed by atoms with van der Waals surface area (Å²) in [6, 6.07) is 0. The third-order valence-electron chi connectivity index (χ3n) is 1.47. The highest BCUT2D eigenvalue weighted by atomic mass is 16.5. The van der Waals surface area contributed by atoms with Crippen LogP contribution in [0.15, 0.2) is 6.33 Å². The lowest BCUT2D eigenvalue weighted by atomic mass is 10.4. The molecule has 0 unspecified atom stereocenters. The summed E-state index contributed by atoms with van der Waals surface area (Å²) in [4.78, 5) is 18.1. The summed E-state index contributed by atoms with van der Waals surface area (Å²) in [5.41, 5.74) is 10.5. The molecule has 0 radical (unpaired) electrons. The zero-order valence-electron chi connectivity index (χ0n) is 7.65. The molecule has 7 nitrogen and oxygen atoms in total. The van der Waals surface area contributed by atoms with E-state index in [1.165, 1.54) is 13.4 Å². The number of hydrogen-bond donors (Lipinski definition) is 3. The number of anilines is 2. The molecule has 1 aromatic heterocycles. The van der Waals surface area contributed by atoms with Gasteiger partial charge in [-0.2, -0.15) is 0 Å². The summed E-state index contributed by atoms with van der Waals surface area (Å²) in [6.45, 7) is -0.0349. The lowest BCUT2D eigenvalue weighted by Crippen LogP contribution is -2.22. The molecule has 7 heteroatoms. The Labute approximate surface area is 80.5 Å². The Kier molecular flexibility index (Phi) is 3.05. The van der Waals surface area contributed by atoms with Gasteiger partial charge in [-0.15, -0.1) is 0 Å². The second-order valence-electron chi connectivity index (χ2n) is 2.46. The molecule has 0 saturated heterocycles. The molecule has 0 aromatic carbocycles. The van der Waals surface area contributed by atoms with Crippen LogP contribution in [0.3, 0.4) is 0 Å². The van der Waals surface area contributed by atoms with Crippen LogP contribution in [0.1, 0.15) is 0 Å². The lowest BCUT2D eigenvalue weighted by molar-refractivity contribution is -0.116. The van der Waals surface area contributed by atoms with Crippen LogP contribution < -0.4 is 21.5 Å². The number of nitrogens with two attached hydrogens (primary N) is 2. The lowest BCUT2D eigenvalue weighted by Gasteiger charge is -2.09. The Balaban J connectivity index is 2.85. The highest BCUT2D eigenvalue weighted by Gasteiger charge is 2.09. The van der Waals surface area contributed by atoms with Crippen molar-refractivity contribution in [1.29, 1.82) is 0 Å². The van der Waals surface area contributed by atoms with Gasteiger partial charge >= 0.3 is 0 Å². The minimum atomic E-state index is -0.496. The van der Waals surface area contributed by atoms with Crippen molar-refractivity contribution in [1.82, 2.24) is 9.97 Å². The largest absolute Gasteiger partial charge is 0.490 e. The van der Waals surface area contributed by atoms with E-state index in [1.807, 2.05) is 0 Å². The average molecular weight is 197 g/mol. The second-order valence-corrected chi connectivity index (χ2v) is 2.46. The molecule has 0 spiro atoms. The Morgan fingerprint density at radius 2 is 2.36 bits per heavy atom. The van der Waals surface area contributed by atoms with Gasteiger partial charge in [0.2, 0.25) is 11.7 Å². The first kappa shape index (κ1) is 10.0. The Hall–Kier alpha value is -2.05. The van der Waals surface area contributed by atoms with Gasteiger partial charge in [-0.3, -0.25) is 4.79 Å². The minimum absolute atomic E-state index is 0.0349. The number of hydrogen-bond acceptors (Lipinski definition) is 6. The smallest absolute Gasteiger partial charge is 0.236 e. The van der Waals surface area contributed by atoms with Crippen molar-refractivity contribution in [3.05, 3.63) is 6.33 Å². The van der Waals surface area contributed by atoms with Crippen molar-refractivity contribution < 1.29 is 9.53 Å². The van der Waals surface area contributed by atoms with Crippen molar-refractivity contribution in [3.63, 3.8) is 0 Å². The van der Waals surface area contributed by atoms with Crippen molar-refractivity contribution in [2.75, 3.05) is 24.7 Å². The molecule has 0 atom stereocenters. The number of aromatic nitrogens is 2. The van der Waals surface area contributed by atoms with Crippen molar-refractivity contribution in [2.24, 2.45) is 5.73 Å². The molecule has 0 fully saturated rings. The fourth-order valence-corrected chi connectivity index (χ4v) is 0.885. The summed E-state index contributed by atoms with van der Waals surface area (Å²) in [7, 11) is 1.44. The molecule has 0 bridgehead atoms. The van der Waals surface area contributed by atoms with Gasteiger partial charge in [0.1, 0.15) is 6.33 Å². The van der Waals surface area contributed by atoms with Gasteiger partial charge < -0.3 is 21.5 Å². The number of nitrogen functional groups attached to an aromatic ring is 1. The molecular weight excluding hydrogens is 186 g/mol. The first-order valence-electron chi connectivity index (χ1n) is 3.81. The Morgan fingerprint density at radius 3 is 2.93 bits per heavy atom. The minimum Gasteiger partial charge on any atom is -0.490 e. The van der Waals surface area contributed by atoms with Crippen LogP contribution >= 0.6 is 0 Å². The number of nitrogens with zero attached hydrogens (tertiary/aromatic N) is 2. The van der Waals surface area contributed by atoms with Crippen LogP contribution in [0.5, 0.6) is 5.75 Å². The molecule has 76 valence electrons. The van der Waals surface area contributed by atoms with Gasteiger partial charge in [0.15, 0.2) is 11.6 Å². The molecular formula is C7H11N5O2. The Morgan fingerprint density at radius 1 is 1.64 bits per heavy atom. The number of rotatable bonds is 4. The van der Waals surface area contributed by atoms with Gasteiger partial charge in [-0.25, -0.2) is 9.97 Å². The maximum absolute atomic E-state index is 10.5. The van der Waals surface area contributed by atoms with Crippen LogP contribution in [0.2, 0.25) is 0 Å². The van der Waals surface area contributed by atoms with E-state index in [9.17, 15) is 4.79 Å². The molecule has 0 aliphatic heterocycles. The van der Waals surface area contributed by atoms with E-state index in [2.05, 4.69) is 15.3 Å². The van der Waals surface area contributed by atoms with Crippen molar-refractivity contribution in [3.8, 4) is 5.75 Å². The zero-order chi connectivity index (χ0) is 10.6. The number of carbonyl (C=O) groups excluding carboxylic acids is 1. The van der Waals surface area contributed by atoms with Gasteiger partial charge in [-0.1, -0.05) is 0 Å². The molecule has 1 heterocycles. The summed E-state index contributed by atoms with van der Waals surface area (Å²) in [5.74, 6) is 0.353. The van der Waals surface area contributed by atoms with Gasteiger partial charge in [0, 0.05) is 0 Å². The molecule has 1 rings (SSSR count). The van der Waals surface area contributed by atoms with Crippen LogP contribution in [0.25, 0.3) is 0 Å². The van der Waals surface area contributed by atoms with E-state index in [0.29, 0.717) is 11.6 Å². The average Bonchev–Trinajstić information content (AvgIpc) is 2.14. The Bertz CT molecular complexity index is 341. The van der Waals surface area contributed by atoms with Crippen LogP contribution in [-0.4, -0.2) is 29.5 Å². The first-order chi connectivity index (χ1) is 6.65. The molecule has 1 aromatic rings. The van der Waals surface area contributed by atoms with E-state index in [1.54, 1.807) is 0 Å². The van der Waals surface area contributed by atoms with Gasteiger partial charge in [0.05, 0.1) is 13.7 Å². The van der Waals surface area contributed by atoms with Crippen molar-refractivity contribution in [2.45, 2.75) is 0 Å². The third kappa shape index (κ3) is 2.22. The van der Waals surface area contributed by atoms with E-state index >= 15 is 0 Å². The van der Waals surface area contributed by atoms with Crippen LogP contribution in [0.4, 0.5) is 11.6 Å². The maximum atomic E-state index is 10.5. The number of amides is 1. The first-order valence-corrected chi connectivity index (χ1v) is 3.81. The fraction of sp³-hybridized carbons (Fsp3) is 0.286. The van der Waals surface area contributed by atoms with E-state index in [0.717, 1.165) is 0 Å². The zero-order valence-corrected chi connectivity index (χ0v) is 7.65. The topological polar surface area (TPSA) is 116 Å². The normalized spacial score (nSPS) is 9.50. The number of nitrogens with one attached hydrogen (secondary N) is 1. The molecule has 0 aliphatic carbocycles. The van der Waals surface area contributed by atoms with Gasteiger partial charge in [-0.05, 0) is 0 Å². The van der Waals surface area contributed by atoms with E-state index in [4.69, 9.17) is 16.2 Å². The summed E-state index contributed by atoms with van der Waals surface area (Å²) < 4.78 is 4.94. The van der Waals surface area contributed by atoms with Gasteiger partial charge in [0.25, 0.3) is 0 Å². The SMILES string of the molecule is COc1c(N)ncnc1NCC(N)=O. The monoisotopic (exact) mass is 197 g/mol. The second kappa shape index (κ2) is 4.26. The quantitative estimate of drug-likeness (QED) is 0.568. The number of methoxy groups -OCH3 is 1. The molecule has 0 aliphatic rings. The highest BCUT2D eigenvalue weighted by molar-refractivity contribution is 5.79. The number of ether oxygens (including phenoxy) is 1. The fourth-order valence-electron chi connectivity index (χ4n) is 0.885. The summed E-state index contributed by atoms with van der Waals surface area (Å²) in [5, 5.41) is 2.67. The predicted molar refractivity (Wildman–Crippen MR) is 50.7 cm³/mol. The number of carbonyl (C=O) groups is 1. The van der Waals surface area contributed by atoms with Crippen molar-refractivity contribution >= 4 is 17.5 Å². The number of primary amides is 1. The molecule has 5 N–H and O–H groups in total. The standard InChI is InChI=1S/C7H11N5O2/c1-14-5-6(9)11-3-12-7(5)10-2-4(8)13/h3H,2H2,1H3,(H2,8,13)(H3,9,10,11,12). The summed E-state index contributed by atoms with van der Waals surface area (Å²) >= 11 is 0. The highest BCUT2D eigenvalue weighted by Crippen LogP contribution is 2.25. The van der Waals surface area contributed by atoms with Crippen LogP contribution in [-0.2, 0) is 4.79 Å². The maximum Gasteiger partial charge on any atom is 0.236 e. The third-order valence-corrected chi connectivity index (χ3v) is 1.47. The van der Waals surface area contributed by atoms with E-state index < -0.39 is 5.91 Å². The van der Waals surface area contributed by atoms with Crippen LogP contribution in [0, 0.1) is 0 Å². The molecule has 14 heavy (non-hydrogen) atoms.